The second kappa shape index (κ2) is 4.79. The molecule has 0 saturated heterocycles. The molecule has 112 valence electrons. The maximum atomic E-state index is 4.63. The molecule has 0 fully saturated rings. The number of rotatable bonds is 1. The van der Waals surface area contributed by atoms with Gasteiger partial charge in [0.1, 0.15) is 0 Å². The standard InChI is InChI=1S/C22H19N/c1-14-5-10-20(23-13-14)19-11-17-8-6-15-3-2-4-16-7-9-18(12-19)22(17)21(15)16/h2-5,10-13H,6-9H2,1H3. The highest BCUT2D eigenvalue weighted by atomic mass is 14.7. The van der Waals surface area contributed by atoms with E-state index >= 15 is 0 Å². The second-order valence-electron chi connectivity index (χ2n) is 6.84. The SMILES string of the molecule is Cc1ccc(-c2cc3c4c(c2)CCc2cccc(c2-4)CC3)nc1. The van der Waals surface area contributed by atoms with Crippen LogP contribution in [0.2, 0.25) is 0 Å². The molecule has 0 aliphatic heterocycles. The fourth-order valence-electron chi connectivity index (χ4n) is 4.20. The normalized spacial score (nSPS) is 14.5. The third-order valence-corrected chi connectivity index (χ3v) is 5.32. The molecule has 2 aromatic carbocycles. The number of hydrogen-bond donors (Lipinski definition) is 0. The molecule has 23 heavy (non-hydrogen) atoms. The maximum Gasteiger partial charge on any atom is 0.0702 e. The lowest BCUT2D eigenvalue weighted by atomic mass is 9.75. The minimum atomic E-state index is 1.10. The van der Waals surface area contributed by atoms with E-state index < -0.39 is 0 Å². The molecule has 2 aliphatic carbocycles. The van der Waals surface area contributed by atoms with Crippen LogP contribution in [-0.4, -0.2) is 4.98 Å². The Hall–Kier alpha value is -2.41. The van der Waals surface area contributed by atoms with E-state index in [0.29, 0.717) is 0 Å². The first-order valence-electron chi connectivity index (χ1n) is 8.49. The molecular formula is C22H19N. The van der Waals surface area contributed by atoms with Gasteiger partial charge in [-0.05, 0) is 89.8 Å². The Morgan fingerprint density at radius 1 is 0.739 bits per heavy atom. The first-order chi connectivity index (χ1) is 11.3. The molecule has 0 spiro atoms. The quantitative estimate of drug-likeness (QED) is 0.621. The Morgan fingerprint density at radius 3 is 1.96 bits per heavy atom. The van der Waals surface area contributed by atoms with Crippen molar-refractivity contribution >= 4 is 0 Å². The summed E-state index contributed by atoms with van der Waals surface area (Å²) in [6.07, 6.45) is 6.60. The van der Waals surface area contributed by atoms with E-state index in [9.17, 15) is 0 Å². The summed E-state index contributed by atoms with van der Waals surface area (Å²) in [5, 5.41) is 0. The van der Waals surface area contributed by atoms with Crippen molar-refractivity contribution in [3.8, 4) is 22.4 Å². The van der Waals surface area contributed by atoms with Crippen molar-refractivity contribution in [2.45, 2.75) is 32.6 Å². The van der Waals surface area contributed by atoms with Gasteiger partial charge >= 0.3 is 0 Å². The zero-order valence-corrected chi connectivity index (χ0v) is 13.4. The molecule has 0 saturated carbocycles. The number of nitrogens with zero attached hydrogens (tertiary/aromatic N) is 1. The van der Waals surface area contributed by atoms with Gasteiger partial charge in [0.2, 0.25) is 0 Å². The minimum absolute atomic E-state index is 1.10. The number of pyridine rings is 1. The zero-order valence-electron chi connectivity index (χ0n) is 13.4. The Bertz CT molecular complexity index is 872. The molecule has 0 atom stereocenters. The summed E-state index contributed by atoms with van der Waals surface area (Å²) in [4.78, 5) is 4.63. The van der Waals surface area contributed by atoms with E-state index in [1.165, 1.54) is 51.8 Å². The summed E-state index contributed by atoms with van der Waals surface area (Å²) in [5.41, 5.74) is 12.8. The van der Waals surface area contributed by atoms with Crippen molar-refractivity contribution in [3.63, 3.8) is 0 Å². The monoisotopic (exact) mass is 297 g/mol. The van der Waals surface area contributed by atoms with Crippen LogP contribution in [-0.2, 0) is 25.7 Å². The average molecular weight is 297 g/mol. The summed E-state index contributed by atoms with van der Waals surface area (Å²) < 4.78 is 0. The van der Waals surface area contributed by atoms with E-state index in [1.54, 1.807) is 5.56 Å². The highest BCUT2D eigenvalue weighted by Gasteiger charge is 2.25. The molecule has 0 amide bonds. The van der Waals surface area contributed by atoms with Crippen LogP contribution in [0.15, 0.2) is 48.7 Å². The second-order valence-corrected chi connectivity index (χ2v) is 6.84. The highest BCUT2D eigenvalue weighted by Crippen LogP contribution is 2.43. The van der Waals surface area contributed by atoms with Crippen molar-refractivity contribution in [1.82, 2.24) is 4.98 Å². The molecule has 0 bridgehead atoms. The largest absolute Gasteiger partial charge is 0.256 e. The topological polar surface area (TPSA) is 12.9 Å². The van der Waals surface area contributed by atoms with Crippen LogP contribution in [0, 0.1) is 6.92 Å². The molecule has 5 rings (SSSR count). The summed E-state index contributed by atoms with van der Waals surface area (Å²) in [5.74, 6) is 0. The third-order valence-electron chi connectivity index (χ3n) is 5.32. The number of aryl methyl sites for hydroxylation is 5. The summed E-state index contributed by atoms with van der Waals surface area (Å²) in [6.45, 7) is 2.09. The van der Waals surface area contributed by atoms with E-state index in [4.69, 9.17) is 0 Å². The van der Waals surface area contributed by atoms with E-state index in [0.717, 1.165) is 18.5 Å². The van der Waals surface area contributed by atoms with Gasteiger partial charge in [0.25, 0.3) is 0 Å². The molecule has 1 aromatic heterocycles. The highest BCUT2D eigenvalue weighted by molar-refractivity contribution is 5.83. The third kappa shape index (κ3) is 1.96. The fourth-order valence-corrected chi connectivity index (χ4v) is 4.20. The lowest BCUT2D eigenvalue weighted by Gasteiger charge is -2.29. The Morgan fingerprint density at radius 2 is 1.35 bits per heavy atom. The van der Waals surface area contributed by atoms with Gasteiger partial charge in [-0.25, -0.2) is 0 Å². The number of aromatic nitrogens is 1. The van der Waals surface area contributed by atoms with Gasteiger partial charge in [0.15, 0.2) is 0 Å². The van der Waals surface area contributed by atoms with Gasteiger partial charge in [0, 0.05) is 11.8 Å². The summed E-state index contributed by atoms with van der Waals surface area (Å²) in [6, 6.07) is 15.9. The summed E-state index contributed by atoms with van der Waals surface area (Å²) >= 11 is 0. The Kier molecular flexibility index (Phi) is 2.72. The molecule has 2 aliphatic rings. The number of benzene rings is 2. The van der Waals surface area contributed by atoms with Gasteiger partial charge < -0.3 is 0 Å². The van der Waals surface area contributed by atoms with E-state index in [1.807, 2.05) is 6.20 Å². The summed E-state index contributed by atoms with van der Waals surface area (Å²) in [7, 11) is 0. The van der Waals surface area contributed by atoms with Crippen LogP contribution in [0.5, 0.6) is 0 Å². The molecule has 3 aromatic rings. The smallest absolute Gasteiger partial charge is 0.0702 e. The van der Waals surface area contributed by atoms with Crippen LogP contribution >= 0.6 is 0 Å². The Labute approximate surface area is 137 Å². The van der Waals surface area contributed by atoms with Gasteiger partial charge in [-0.2, -0.15) is 0 Å². The van der Waals surface area contributed by atoms with E-state index in [-0.39, 0.29) is 0 Å². The molecule has 0 N–H and O–H groups in total. The van der Waals surface area contributed by atoms with Crippen molar-refractivity contribution in [1.29, 1.82) is 0 Å². The molecule has 1 nitrogen and oxygen atoms in total. The van der Waals surface area contributed by atoms with Gasteiger partial charge in [-0.3, -0.25) is 4.98 Å². The van der Waals surface area contributed by atoms with Crippen molar-refractivity contribution in [2.24, 2.45) is 0 Å². The first kappa shape index (κ1) is 13.1. The number of hydrogen-bond acceptors (Lipinski definition) is 1. The van der Waals surface area contributed by atoms with Crippen LogP contribution < -0.4 is 0 Å². The Balaban J connectivity index is 1.73. The average Bonchev–Trinajstić information content (AvgIpc) is 2.60. The fraction of sp³-hybridized carbons (Fsp3) is 0.227. The molecule has 0 unspecified atom stereocenters. The predicted molar refractivity (Wildman–Crippen MR) is 94.7 cm³/mol. The van der Waals surface area contributed by atoms with Crippen molar-refractivity contribution in [3.05, 3.63) is 76.5 Å². The van der Waals surface area contributed by atoms with Gasteiger partial charge in [0.05, 0.1) is 5.69 Å². The minimum Gasteiger partial charge on any atom is -0.256 e. The molecule has 1 heterocycles. The molecular weight excluding hydrogens is 278 g/mol. The van der Waals surface area contributed by atoms with Crippen LogP contribution in [0.3, 0.4) is 0 Å². The van der Waals surface area contributed by atoms with Crippen LogP contribution in [0.4, 0.5) is 0 Å². The zero-order chi connectivity index (χ0) is 15.4. The van der Waals surface area contributed by atoms with Gasteiger partial charge in [-0.15, -0.1) is 0 Å². The van der Waals surface area contributed by atoms with Crippen LogP contribution in [0.25, 0.3) is 22.4 Å². The lowest BCUT2D eigenvalue weighted by Crippen LogP contribution is -2.14. The van der Waals surface area contributed by atoms with Crippen molar-refractivity contribution < 1.29 is 0 Å². The molecule has 1 heteroatoms. The predicted octanol–water partition coefficient (Wildman–Crippen LogP) is 4.92. The maximum absolute atomic E-state index is 4.63. The van der Waals surface area contributed by atoms with Crippen LogP contribution in [0.1, 0.15) is 27.8 Å². The molecule has 0 radical (unpaired) electrons. The van der Waals surface area contributed by atoms with E-state index in [2.05, 4.69) is 54.4 Å². The first-order valence-corrected chi connectivity index (χ1v) is 8.49. The van der Waals surface area contributed by atoms with Crippen molar-refractivity contribution in [2.75, 3.05) is 0 Å². The van der Waals surface area contributed by atoms with Gasteiger partial charge in [-0.1, -0.05) is 24.3 Å². The lowest BCUT2D eigenvalue weighted by molar-refractivity contribution is 0.877.